The van der Waals surface area contributed by atoms with E-state index in [0.29, 0.717) is 0 Å². The largest absolute Gasteiger partial charge is 0.314 e. The maximum Gasteiger partial charge on any atom is 0.0543 e. The molecular weight excluding hydrogens is 518 g/mol. The molecule has 0 radical (unpaired) electrons. The average Bonchev–Trinajstić information content (AvgIpc) is 3.06. The Morgan fingerprint density at radius 2 is 1.14 bits per heavy atom. The predicted molar refractivity (Wildman–Crippen MR) is 186 cm³/mol. The summed E-state index contributed by atoms with van der Waals surface area (Å²) in [7, 11) is 0. The molecule has 7 aromatic rings. The molecule has 0 aromatic heterocycles. The fraction of sp³-hybridized carbons (Fsp3) is 0.0952. The lowest BCUT2D eigenvalue weighted by molar-refractivity contribution is 0.876. The first-order valence-corrected chi connectivity index (χ1v) is 15.2. The van der Waals surface area contributed by atoms with Crippen molar-refractivity contribution in [3.8, 4) is 11.1 Å². The zero-order chi connectivity index (χ0) is 28.9. The van der Waals surface area contributed by atoms with E-state index in [0.717, 1.165) is 12.8 Å². The summed E-state index contributed by atoms with van der Waals surface area (Å²) in [6, 6.07) is 47.1. The van der Waals surface area contributed by atoms with Crippen LogP contribution in [0, 0.1) is 6.92 Å². The Hall–Kier alpha value is -5.14. The Bertz CT molecular complexity index is 2240. The number of rotatable bonds is 4. The summed E-state index contributed by atoms with van der Waals surface area (Å²) in [5.74, 6) is 0. The lowest BCUT2D eigenvalue weighted by Crippen LogP contribution is -2.18. The topological polar surface area (TPSA) is 3.24 Å². The van der Waals surface area contributed by atoms with Crippen molar-refractivity contribution in [2.24, 2.45) is 0 Å². The zero-order valence-corrected chi connectivity index (χ0v) is 24.6. The Kier molecular flexibility index (Phi) is 6.12. The normalized spacial score (nSPS) is 13.4. The number of hydrogen-bond acceptors (Lipinski definition) is 1. The molecule has 0 N–H and O–H groups in total. The molecule has 0 heterocycles. The fourth-order valence-corrected chi connectivity index (χ4v) is 6.90. The molecule has 0 saturated heterocycles. The van der Waals surface area contributed by atoms with Gasteiger partial charge in [-0.25, -0.2) is 0 Å². The first-order valence-electron chi connectivity index (χ1n) is 15.2. The van der Waals surface area contributed by atoms with Crippen LogP contribution in [0.2, 0.25) is 0 Å². The van der Waals surface area contributed by atoms with Gasteiger partial charge in [0.25, 0.3) is 0 Å². The lowest BCUT2D eigenvalue weighted by Gasteiger charge is -2.31. The molecule has 0 unspecified atom stereocenters. The average molecular weight is 552 g/mol. The third-order valence-electron chi connectivity index (χ3n) is 9.08. The number of anilines is 2. The molecule has 0 saturated carbocycles. The maximum atomic E-state index is 2.50. The van der Waals surface area contributed by atoms with Crippen molar-refractivity contribution in [1.29, 1.82) is 0 Å². The Morgan fingerprint density at radius 3 is 1.88 bits per heavy atom. The van der Waals surface area contributed by atoms with Crippen molar-refractivity contribution >= 4 is 54.5 Å². The van der Waals surface area contributed by atoms with Crippen molar-refractivity contribution in [1.82, 2.24) is 0 Å². The summed E-state index contributed by atoms with van der Waals surface area (Å²) in [5, 5.41) is 10.3. The van der Waals surface area contributed by atoms with E-state index in [2.05, 4.69) is 158 Å². The first kappa shape index (κ1) is 25.6. The maximum absolute atomic E-state index is 2.50. The molecule has 1 heteroatoms. The molecule has 0 spiro atoms. The quantitative estimate of drug-likeness (QED) is 0.197. The summed E-state index contributed by atoms with van der Waals surface area (Å²) >= 11 is 0. The van der Waals surface area contributed by atoms with Crippen LogP contribution in [-0.4, -0.2) is 0 Å². The van der Waals surface area contributed by atoms with E-state index in [4.69, 9.17) is 0 Å². The van der Waals surface area contributed by atoms with Gasteiger partial charge in [0.05, 0.1) is 5.69 Å². The van der Waals surface area contributed by atoms with E-state index in [9.17, 15) is 0 Å². The minimum absolute atomic E-state index is 1.02. The fourth-order valence-electron chi connectivity index (χ4n) is 6.90. The van der Waals surface area contributed by atoms with E-state index in [1.807, 2.05) is 0 Å². The van der Waals surface area contributed by atoms with Crippen LogP contribution in [0.3, 0.4) is 0 Å². The van der Waals surface area contributed by atoms with Crippen LogP contribution in [0.15, 0.2) is 151 Å². The van der Waals surface area contributed by atoms with E-state index in [1.165, 1.54) is 82.4 Å². The molecule has 7 aromatic carbocycles. The molecule has 1 aliphatic carbocycles. The molecule has 43 heavy (non-hydrogen) atoms. The number of fused-ring (bicyclic) bond motifs is 6. The highest BCUT2D eigenvalue weighted by Crippen LogP contribution is 2.45. The van der Waals surface area contributed by atoms with Gasteiger partial charge in [-0.3, -0.25) is 0 Å². The van der Waals surface area contributed by atoms with Gasteiger partial charge in [0.1, 0.15) is 0 Å². The highest BCUT2D eigenvalue weighted by Gasteiger charge is 2.21. The molecule has 0 amide bonds. The summed E-state index contributed by atoms with van der Waals surface area (Å²) in [6.45, 7) is 4.39. The van der Waals surface area contributed by atoms with Crippen LogP contribution < -0.4 is 4.90 Å². The second-order valence-corrected chi connectivity index (χ2v) is 11.9. The second kappa shape index (κ2) is 10.3. The Balaban J connectivity index is 1.49. The van der Waals surface area contributed by atoms with Crippen molar-refractivity contribution in [3.05, 3.63) is 156 Å². The van der Waals surface area contributed by atoms with Crippen molar-refractivity contribution < 1.29 is 0 Å². The molecule has 8 rings (SSSR count). The third-order valence-corrected chi connectivity index (χ3v) is 9.08. The molecule has 0 atom stereocenters. The standard InChI is InChI=1S/C42H33N/c1-28-18-22-32(23-19-28)43(33-24-20-29(2)21-25-33)41-27-31-26-40(35-17-9-11-30-10-3-4-12-34(30)35)36-13-5-7-15-38(36)42(31)39-16-8-6-14-37(39)41/h3-20,22-24,26-27H,21,25H2,1-2H3. The van der Waals surface area contributed by atoms with Gasteiger partial charge in [-0.15, -0.1) is 0 Å². The zero-order valence-electron chi connectivity index (χ0n) is 24.6. The van der Waals surface area contributed by atoms with Gasteiger partial charge in [-0.05, 0) is 106 Å². The lowest BCUT2D eigenvalue weighted by atomic mass is 9.88. The molecule has 0 fully saturated rings. The van der Waals surface area contributed by atoms with E-state index >= 15 is 0 Å². The van der Waals surface area contributed by atoms with E-state index < -0.39 is 0 Å². The minimum atomic E-state index is 1.02. The molecule has 206 valence electrons. The summed E-state index contributed by atoms with van der Waals surface area (Å²) in [4.78, 5) is 2.50. The number of benzene rings is 7. The second-order valence-electron chi connectivity index (χ2n) is 11.9. The highest BCUT2D eigenvalue weighted by molar-refractivity contribution is 6.26. The van der Waals surface area contributed by atoms with E-state index in [1.54, 1.807) is 0 Å². The number of aryl methyl sites for hydroxylation is 1. The van der Waals surface area contributed by atoms with Gasteiger partial charge in [0.15, 0.2) is 0 Å². The summed E-state index contributed by atoms with van der Waals surface area (Å²) in [6.07, 6.45) is 6.70. The molecular formula is C42H33N. The Morgan fingerprint density at radius 1 is 0.488 bits per heavy atom. The predicted octanol–water partition coefficient (Wildman–Crippen LogP) is 12.0. The van der Waals surface area contributed by atoms with Crippen LogP contribution in [0.5, 0.6) is 0 Å². The minimum Gasteiger partial charge on any atom is -0.314 e. The van der Waals surface area contributed by atoms with Crippen LogP contribution in [0.1, 0.15) is 25.3 Å². The van der Waals surface area contributed by atoms with Crippen LogP contribution in [0.25, 0.3) is 54.2 Å². The number of hydrogen-bond donors (Lipinski definition) is 0. The van der Waals surface area contributed by atoms with Crippen LogP contribution in [0.4, 0.5) is 11.4 Å². The van der Waals surface area contributed by atoms with Crippen LogP contribution >= 0.6 is 0 Å². The molecule has 1 nitrogen and oxygen atoms in total. The van der Waals surface area contributed by atoms with Gasteiger partial charge in [-0.1, -0.05) is 120 Å². The molecule has 0 aliphatic heterocycles. The molecule has 1 aliphatic rings. The van der Waals surface area contributed by atoms with Gasteiger partial charge < -0.3 is 4.90 Å². The van der Waals surface area contributed by atoms with E-state index in [-0.39, 0.29) is 0 Å². The summed E-state index contributed by atoms with van der Waals surface area (Å²) < 4.78 is 0. The summed E-state index contributed by atoms with van der Waals surface area (Å²) in [5.41, 5.74) is 9.01. The van der Waals surface area contributed by atoms with Gasteiger partial charge in [0, 0.05) is 16.8 Å². The Labute approximate surface area is 253 Å². The first-order chi connectivity index (χ1) is 21.2. The smallest absolute Gasteiger partial charge is 0.0543 e. The van der Waals surface area contributed by atoms with Crippen molar-refractivity contribution in [2.45, 2.75) is 26.7 Å². The highest BCUT2D eigenvalue weighted by atomic mass is 15.1. The number of allylic oxidation sites excluding steroid dienone is 4. The SMILES string of the molecule is CC1=CC=C(N(c2ccc(C)cc2)c2cc3cc(-c4cccc5ccccc45)c4ccccc4c3c3ccccc23)CC1. The van der Waals surface area contributed by atoms with Crippen molar-refractivity contribution in [3.63, 3.8) is 0 Å². The van der Waals surface area contributed by atoms with Crippen molar-refractivity contribution in [2.75, 3.05) is 4.90 Å². The van der Waals surface area contributed by atoms with Gasteiger partial charge in [0.2, 0.25) is 0 Å². The van der Waals surface area contributed by atoms with Gasteiger partial charge in [-0.2, -0.15) is 0 Å². The third kappa shape index (κ3) is 4.32. The monoisotopic (exact) mass is 551 g/mol. The van der Waals surface area contributed by atoms with Gasteiger partial charge >= 0.3 is 0 Å². The number of nitrogens with zero attached hydrogens (tertiary/aromatic N) is 1. The van der Waals surface area contributed by atoms with Crippen LogP contribution in [-0.2, 0) is 0 Å². The molecule has 0 bridgehead atoms.